The van der Waals surface area contributed by atoms with Gasteiger partial charge in [0.1, 0.15) is 5.82 Å². The maximum atomic E-state index is 12.3. The number of carbonyl (C=O) groups excluding carboxylic acids is 1. The lowest BCUT2D eigenvalue weighted by Crippen LogP contribution is -2.26. The molecule has 1 aromatic carbocycles. The zero-order valence-electron chi connectivity index (χ0n) is 10.4. The molecule has 0 saturated heterocycles. The molecule has 96 valence electrons. The summed E-state index contributed by atoms with van der Waals surface area (Å²) in [6.07, 6.45) is 5.03. The summed E-state index contributed by atoms with van der Waals surface area (Å²) in [5.74, 6) is 0.714. The molecule has 0 aliphatic rings. The lowest BCUT2D eigenvalue weighted by Gasteiger charge is -2.15. The second-order valence-corrected chi connectivity index (χ2v) is 4.33. The number of rotatable bonds is 3. The van der Waals surface area contributed by atoms with E-state index in [2.05, 4.69) is 19.9 Å². The Morgan fingerprint density at radius 1 is 1.32 bits per heavy atom. The molecule has 0 radical (unpaired) electrons. The lowest BCUT2D eigenvalue weighted by molar-refractivity contribution is 0.0782. The van der Waals surface area contributed by atoms with Crippen LogP contribution in [0.3, 0.4) is 0 Å². The fourth-order valence-electron chi connectivity index (χ4n) is 1.97. The fraction of sp³-hybridized carbons (Fsp3) is 0.154. The molecule has 6 heteroatoms. The van der Waals surface area contributed by atoms with E-state index in [9.17, 15) is 4.79 Å². The molecular formula is C13H13N5O. The number of carbonyl (C=O) groups is 1. The predicted octanol–water partition coefficient (Wildman–Crippen LogP) is 1.56. The van der Waals surface area contributed by atoms with Crippen molar-refractivity contribution in [1.82, 2.24) is 24.8 Å². The number of nitrogens with one attached hydrogen (secondary N) is 2. The minimum Gasteiger partial charge on any atom is -0.347 e. The van der Waals surface area contributed by atoms with E-state index in [-0.39, 0.29) is 5.91 Å². The number of nitrogens with zero attached hydrogens (tertiary/aromatic N) is 3. The van der Waals surface area contributed by atoms with Crippen LogP contribution >= 0.6 is 0 Å². The molecule has 2 aromatic heterocycles. The molecule has 0 fully saturated rings. The third-order valence-electron chi connectivity index (χ3n) is 2.96. The average Bonchev–Trinajstić information content (AvgIpc) is 3.07. The number of benzene rings is 1. The summed E-state index contributed by atoms with van der Waals surface area (Å²) in [6.45, 7) is 0.451. The van der Waals surface area contributed by atoms with E-state index in [4.69, 9.17) is 0 Å². The highest BCUT2D eigenvalue weighted by molar-refractivity contribution is 5.97. The number of imidazole rings is 2. The summed E-state index contributed by atoms with van der Waals surface area (Å²) in [4.78, 5) is 28.1. The molecule has 0 bridgehead atoms. The minimum absolute atomic E-state index is 0.0482. The van der Waals surface area contributed by atoms with Crippen LogP contribution in [-0.2, 0) is 6.54 Å². The van der Waals surface area contributed by atoms with Crippen molar-refractivity contribution in [3.63, 3.8) is 0 Å². The molecule has 3 rings (SSSR count). The normalized spacial score (nSPS) is 10.8. The SMILES string of the molecule is CN(Cc1ncc[nH]1)C(=O)c1ccc2nc[nH]c2c1. The van der Waals surface area contributed by atoms with Gasteiger partial charge in [-0.1, -0.05) is 0 Å². The van der Waals surface area contributed by atoms with Gasteiger partial charge in [0.25, 0.3) is 5.91 Å². The molecule has 0 saturated carbocycles. The number of fused-ring (bicyclic) bond motifs is 1. The van der Waals surface area contributed by atoms with E-state index in [1.165, 1.54) is 0 Å². The second kappa shape index (κ2) is 4.56. The molecular weight excluding hydrogens is 242 g/mol. The first-order valence-corrected chi connectivity index (χ1v) is 5.91. The fourth-order valence-corrected chi connectivity index (χ4v) is 1.97. The predicted molar refractivity (Wildman–Crippen MR) is 70.5 cm³/mol. The molecule has 0 unspecified atom stereocenters. The Morgan fingerprint density at radius 3 is 3.00 bits per heavy atom. The third-order valence-corrected chi connectivity index (χ3v) is 2.96. The van der Waals surface area contributed by atoms with Gasteiger partial charge in [-0.05, 0) is 18.2 Å². The van der Waals surface area contributed by atoms with Gasteiger partial charge in [0, 0.05) is 25.0 Å². The highest BCUT2D eigenvalue weighted by Gasteiger charge is 2.13. The molecule has 0 aliphatic heterocycles. The van der Waals surface area contributed by atoms with Gasteiger partial charge in [0.2, 0.25) is 0 Å². The molecule has 6 nitrogen and oxygen atoms in total. The van der Waals surface area contributed by atoms with Crippen molar-refractivity contribution in [3.05, 3.63) is 48.3 Å². The number of aromatic nitrogens is 4. The van der Waals surface area contributed by atoms with Crippen molar-refractivity contribution >= 4 is 16.9 Å². The molecule has 19 heavy (non-hydrogen) atoms. The highest BCUT2D eigenvalue weighted by Crippen LogP contribution is 2.13. The highest BCUT2D eigenvalue weighted by atomic mass is 16.2. The van der Waals surface area contributed by atoms with Gasteiger partial charge in [-0.25, -0.2) is 9.97 Å². The molecule has 1 amide bonds. The summed E-state index contributed by atoms with van der Waals surface area (Å²) in [7, 11) is 1.75. The number of hydrogen-bond acceptors (Lipinski definition) is 3. The molecule has 2 heterocycles. The molecule has 2 N–H and O–H groups in total. The topological polar surface area (TPSA) is 77.7 Å². The van der Waals surface area contributed by atoms with Crippen LogP contribution in [0.2, 0.25) is 0 Å². The quantitative estimate of drug-likeness (QED) is 0.745. The Kier molecular flexibility index (Phi) is 2.75. The van der Waals surface area contributed by atoms with E-state index >= 15 is 0 Å². The first kappa shape index (κ1) is 11.5. The monoisotopic (exact) mass is 255 g/mol. The van der Waals surface area contributed by atoms with Crippen LogP contribution in [-0.4, -0.2) is 37.8 Å². The van der Waals surface area contributed by atoms with Crippen molar-refractivity contribution < 1.29 is 4.79 Å². The van der Waals surface area contributed by atoms with Crippen molar-refractivity contribution in [2.75, 3.05) is 7.05 Å². The largest absolute Gasteiger partial charge is 0.347 e. The van der Waals surface area contributed by atoms with Crippen molar-refractivity contribution in [1.29, 1.82) is 0 Å². The van der Waals surface area contributed by atoms with Gasteiger partial charge in [0.05, 0.1) is 23.9 Å². The molecule has 0 atom stereocenters. The van der Waals surface area contributed by atoms with Crippen LogP contribution in [0, 0.1) is 0 Å². The Labute approximate surface area is 109 Å². The van der Waals surface area contributed by atoms with E-state index in [0.717, 1.165) is 16.9 Å². The zero-order chi connectivity index (χ0) is 13.2. The average molecular weight is 255 g/mol. The Bertz CT molecular complexity index is 701. The Hall–Kier alpha value is -2.63. The van der Waals surface area contributed by atoms with Crippen molar-refractivity contribution in [3.8, 4) is 0 Å². The van der Waals surface area contributed by atoms with E-state index < -0.39 is 0 Å². The van der Waals surface area contributed by atoms with Crippen LogP contribution in [0.4, 0.5) is 0 Å². The summed E-state index contributed by atoms with van der Waals surface area (Å²) in [6, 6.07) is 5.42. The van der Waals surface area contributed by atoms with Gasteiger partial charge in [0.15, 0.2) is 0 Å². The van der Waals surface area contributed by atoms with Crippen molar-refractivity contribution in [2.24, 2.45) is 0 Å². The lowest BCUT2D eigenvalue weighted by atomic mass is 10.2. The van der Waals surface area contributed by atoms with Gasteiger partial charge < -0.3 is 14.9 Å². The van der Waals surface area contributed by atoms with Gasteiger partial charge in [-0.3, -0.25) is 4.79 Å². The summed E-state index contributed by atoms with van der Waals surface area (Å²) < 4.78 is 0. The van der Waals surface area contributed by atoms with Gasteiger partial charge >= 0.3 is 0 Å². The van der Waals surface area contributed by atoms with Crippen molar-refractivity contribution in [2.45, 2.75) is 6.54 Å². The van der Waals surface area contributed by atoms with Crippen LogP contribution < -0.4 is 0 Å². The minimum atomic E-state index is -0.0482. The zero-order valence-corrected chi connectivity index (χ0v) is 10.4. The number of amides is 1. The van der Waals surface area contributed by atoms with Gasteiger partial charge in [-0.15, -0.1) is 0 Å². The standard InChI is InChI=1S/C13H13N5O/c1-18(7-12-14-4-5-15-12)13(19)9-2-3-10-11(6-9)17-8-16-10/h2-6,8H,7H2,1H3,(H,14,15)(H,16,17). The maximum absolute atomic E-state index is 12.3. The van der Waals surface area contributed by atoms with Crippen LogP contribution in [0.5, 0.6) is 0 Å². The Morgan fingerprint density at radius 2 is 2.21 bits per heavy atom. The van der Waals surface area contributed by atoms with E-state index in [1.807, 2.05) is 12.1 Å². The number of aromatic amines is 2. The summed E-state index contributed by atoms with van der Waals surface area (Å²) in [5.41, 5.74) is 2.34. The molecule has 0 spiro atoms. The maximum Gasteiger partial charge on any atom is 0.254 e. The summed E-state index contributed by atoms with van der Waals surface area (Å²) >= 11 is 0. The van der Waals surface area contributed by atoms with Crippen LogP contribution in [0.15, 0.2) is 36.9 Å². The van der Waals surface area contributed by atoms with E-state index in [1.54, 1.807) is 36.7 Å². The number of hydrogen-bond donors (Lipinski definition) is 2. The molecule has 3 aromatic rings. The first-order valence-electron chi connectivity index (χ1n) is 5.91. The number of H-pyrrole nitrogens is 2. The summed E-state index contributed by atoms with van der Waals surface area (Å²) in [5, 5.41) is 0. The van der Waals surface area contributed by atoms with Gasteiger partial charge in [-0.2, -0.15) is 0 Å². The van der Waals surface area contributed by atoms with E-state index in [0.29, 0.717) is 12.1 Å². The first-order chi connectivity index (χ1) is 9.24. The molecule has 0 aliphatic carbocycles. The Balaban J connectivity index is 1.82. The third kappa shape index (κ3) is 2.20. The van der Waals surface area contributed by atoms with Crippen LogP contribution in [0.25, 0.3) is 11.0 Å². The van der Waals surface area contributed by atoms with Crippen LogP contribution in [0.1, 0.15) is 16.2 Å². The smallest absolute Gasteiger partial charge is 0.254 e. The second-order valence-electron chi connectivity index (χ2n) is 4.33.